The lowest BCUT2D eigenvalue weighted by atomic mass is 10.2. The van der Waals surface area contributed by atoms with E-state index in [4.69, 9.17) is 10.2 Å². The zero-order valence-corrected chi connectivity index (χ0v) is 11.3. The number of hydrogen-bond donors (Lipinski definition) is 3. The molecular formula is C11H18N2O7. The van der Waals surface area contributed by atoms with Gasteiger partial charge in [0.05, 0.1) is 13.5 Å². The van der Waals surface area contributed by atoms with Gasteiger partial charge >= 0.3 is 23.9 Å². The maximum absolute atomic E-state index is 11.8. The van der Waals surface area contributed by atoms with Gasteiger partial charge in [-0.3, -0.25) is 9.59 Å². The van der Waals surface area contributed by atoms with Crippen molar-refractivity contribution in [2.24, 2.45) is 0 Å². The van der Waals surface area contributed by atoms with E-state index < -0.39 is 36.4 Å². The molecule has 0 aromatic rings. The number of rotatable bonds is 8. The Labute approximate surface area is 115 Å². The van der Waals surface area contributed by atoms with E-state index in [9.17, 15) is 19.2 Å². The molecule has 0 heterocycles. The van der Waals surface area contributed by atoms with Crippen LogP contribution in [0, 0.1) is 0 Å². The average molecular weight is 290 g/mol. The molecule has 0 saturated carbocycles. The first-order valence-electron chi connectivity index (χ1n) is 5.88. The van der Waals surface area contributed by atoms with E-state index in [0.717, 1.165) is 12.0 Å². The maximum atomic E-state index is 11.8. The first-order valence-corrected chi connectivity index (χ1v) is 5.88. The van der Waals surface area contributed by atoms with Gasteiger partial charge in [-0.05, 0) is 6.42 Å². The standard InChI is InChI=1S/C11H18N2O7/c1-3-4-13(6-9(16)20-2)11(19)12-7(10(17)18)5-8(14)15/h7H,3-6H2,1-2H3,(H,12,19)(H,14,15)(H,17,18)/t7-/m0/s1. The SMILES string of the molecule is CCCN(CC(=O)OC)C(=O)N[C@@H](CC(=O)O)C(=O)O. The molecule has 0 radical (unpaired) electrons. The predicted octanol–water partition coefficient (Wildman–Crippen LogP) is -0.491. The quantitative estimate of drug-likeness (QED) is 0.513. The molecule has 0 aliphatic heterocycles. The van der Waals surface area contributed by atoms with Crippen LogP contribution in [0.4, 0.5) is 4.79 Å². The van der Waals surface area contributed by atoms with Crippen molar-refractivity contribution in [3.05, 3.63) is 0 Å². The highest BCUT2D eigenvalue weighted by molar-refractivity contribution is 5.87. The summed E-state index contributed by atoms with van der Waals surface area (Å²) in [4.78, 5) is 45.4. The van der Waals surface area contributed by atoms with Crippen molar-refractivity contribution in [1.29, 1.82) is 0 Å². The van der Waals surface area contributed by atoms with Gasteiger partial charge in [-0.1, -0.05) is 6.92 Å². The summed E-state index contributed by atoms with van der Waals surface area (Å²) in [5.74, 6) is -3.47. The molecule has 0 rings (SSSR count). The van der Waals surface area contributed by atoms with Crippen LogP contribution in [0.25, 0.3) is 0 Å². The molecule has 114 valence electrons. The number of carbonyl (C=O) groups is 4. The molecule has 0 unspecified atom stereocenters. The maximum Gasteiger partial charge on any atom is 0.326 e. The van der Waals surface area contributed by atoms with Crippen molar-refractivity contribution in [1.82, 2.24) is 10.2 Å². The van der Waals surface area contributed by atoms with Crippen LogP contribution in [0.3, 0.4) is 0 Å². The van der Waals surface area contributed by atoms with Gasteiger partial charge in [0.2, 0.25) is 0 Å². The number of carboxylic acids is 2. The van der Waals surface area contributed by atoms with Gasteiger partial charge in [0.1, 0.15) is 12.6 Å². The fourth-order valence-electron chi connectivity index (χ4n) is 1.36. The van der Waals surface area contributed by atoms with Crippen LogP contribution < -0.4 is 5.32 Å². The van der Waals surface area contributed by atoms with Crippen molar-refractivity contribution in [3.8, 4) is 0 Å². The zero-order chi connectivity index (χ0) is 15.7. The monoisotopic (exact) mass is 290 g/mol. The third kappa shape index (κ3) is 6.57. The molecule has 0 aromatic carbocycles. The number of nitrogens with zero attached hydrogens (tertiary/aromatic N) is 1. The van der Waals surface area contributed by atoms with Gasteiger partial charge in [-0.25, -0.2) is 9.59 Å². The fraction of sp³-hybridized carbons (Fsp3) is 0.636. The lowest BCUT2D eigenvalue weighted by Gasteiger charge is -2.23. The van der Waals surface area contributed by atoms with Gasteiger partial charge in [0.15, 0.2) is 0 Å². The van der Waals surface area contributed by atoms with Crippen LogP contribution in [0.2, 0.25) is 0 Å². The Hall–Kier alpha value is -2.32. The van der Waals surface area contributed by atoms with Crippen molar-refractivity contribution in [2.45, 2.75) is 25.8 Å². The molecule has 9 nitrogen and oxygen atoms in total. The third-order valence-electron chi connectivity index (χ3n) is 2.30. The number of methoxy groups -OCH3 is 1. The summed E-state index contributed by atoms with van der Waals surface area (Å²) in [6, 6.07) is -2.39. The number of nitrogens with one attached hydrogen (secondary N) is 1. The molecule has 9 heteroatoms. The van der Waals surface area contributed by atoms with Gasteiger partial charge in [0, 0.05) is 6.54 Å². The number of amides is 2. The van der Waals surface area contributed by atoms with Crippen LogP contribution in [-0.4, -0.2) is 65.3 Å². The van der Waals surface area contributed by atoms with Crippen molar-refractivity contribution < 1.29 is 34.1 Å². The highest BCUT2D eigenvalue weighted by Crippen LogP contribution is 1.99. The molecule has 0 aromatic heterocycles. The largest absolute Gasteiger partial charge is 0.481 e. The van der Waals surface area contributed by atoms with Crippen molar-refractivity contribution in [3.63, 3.8) is 0 Å². The Morgan fingerprint density at radius 2 is 1.85 bits per heavy atom. The summed E-state index contributed by atoms with van der Waals surface area (Å²) in [5.41, 5.74) is 0. The van der Waals surface area contributed by atoms with Crippen molar-refractivity contribution >= 4 is 23.9 Å². The number of ether oxygens (including phenoxy) is 1. The molecule has 2 amide bonds. The third-order valence-corrected chi connectivity index (χ3v) is 2.30. The molecule has 0 aliphatic rings. The first kappa shape index (κ1) is 17.7. The van der Waals surface area contributed by atoms with Gasteiger partial charge in [-0.2, -0.15) is 0 Å². The van der Waals surface area contributed by atoms with Crippen LogP contribution in [0.1, 0.15) is 19.8 Å². The molecule has 3 N–H and O–H groups in total. The summed E-state index contributed by atoms with van der Waals surface area (Å²) in [6.07, 6.45) is -0.208. The summed E-state index contributed by atoms with van der Waals surface area (Å²) < 4.78 is 4.42. The predicted molar refractivity (Wildman–Crippen MR) is 66.1 cm³/mol. The van der Waals surface area contributed by atoms with Crippen molar-refractivity contribution in [2.75, 3.05) is 20.2 Å². The number of hydrogen-bond acceptors (Lipinski definition) is 5. The van der Waals surface area contributed by atoms with Gasteiger partial charge < -0.3 is 25.2 Å². The van der Waals surface area contributed by atoms with E-state index in [-0.39, 0.29) is 13.1 Å². The molecular weight excluding hydrogens is 272 g/mol. The Kier molecular flexibility index (Phi) is 7.71. The molecule has 0 fully saturated rings. The van der Waals surface area contributed by atoms with E-state index >= 15 is 0 Å². The van der Waals surface area contributed by atoms with E-state index in [1.807, 2.05) is 0 Å². The minimum atomic E-state index is -1.56. The molecule has 0 bridgehead atoms. The molecule has 1 atom stereocenters. The Balaban J connectivity index is 4.74. The van der Waals surface area contributed by atoms with Crippen LogP contribution in [0.15, 0.2) is 0 Å². The average Bonchev–Trinajstić information content (AvgIpc) is 2.36. The minimum absolute atomic E-state index is 0.209. The lowest BCUT2D eigenvalue weighted by Crippen LogP contribution is -2.50. The topological polar surface area (TPSA) is 133 Å². The first-order chi connectivity index (χ1) is 9.31. The van der Waals surface area contributed by atoms with Crippen LogP contribution >= 0.6 is 0 Å². The highest BCUT2D eigenvalue weighted by atomic mass is 16.5. The molecule has 20 heavy (non-hydrogen) atoms. The van der Waals surface area contributed by atoms with Crippen LogP contribution in [-0.2, 0) is 19.1 Å². The van der Waals surface area contributed by atoms with Crippen LogP contribution in [0.5, 0.6) is 0 Å². The minimum Gasteiger partial charge on any atom is -0.481 e. The summed E-state index contributed by atoms with van der Waals surface area (Å²) >= 11 is 0. The van der Waals surface area contributed by atoms with E-state index in [0.29, 0.717) is 6.42 Å². The summed E-state index contributed by atoms with van der Waals surface area (Å²) in [7, 11) is 1.16. The van der Waals surface area contributed by atoms with Gasteiger partial charge in [0.25, 0.3) is 0 Å². The van der Waals surface area contributed by atoms with E-state index in [1.54, 1.807) is 6.92 Å². The second kappa shape index (κ2) is 8.73. The number of esters is 1. The van der Waals surface area contributed by atoms with E-state index in [2.05, 4.69) is 10.1 Å². The zero-order valence-electron chi connectivity index (χ0n) is 11.3. The summed E-state index contributed by atoms with van der Waals surface area (Å²) in [5, 5.41) is 19.5. The lowest BCUT2D eigenvalue weighted by molar-refractivity contribution is -0.145. The number of carboxylic acid groups (broad SMARTS) is 2. The molecule has 0 saturated heterocycles. The number of aliphatic carboxylic acids is 2. The smallest absolute Gasteiger partial charge is 0.326 e. The Morgan fingerprint density at radius 1 is 1.25 bits per heavy atom. The molecule has 0 aliphatic carbocycles. The Bertz CT molecular complexity index is 383. The second-order valence-corrected chi connectivity index (χ2v) is 3.94. The summed E-state index contributed by atoms with van der Waals surface area (Å²) in [6.45, 7) is 1.64. The second-order valence-electron chi connectivity index (χ2n) is 3.94. The normalized spacial score (nSPS) is 11.3. The van der Waals surface area contributed by atoms with Gasteiger partial charge in [-0.15, -0.1) is 0 Å². The fourth-order valence-corrected chi connectivity index (χ4v) is 1.36. The number of carbonyl (C=O) groups excluding carboxylic acids is 2. The van der Waals surface area contributed by atoms with E-state index in [1.165, 1.54) is 0 Å². The highest BCUT2D eigenvalue weighted by Gasteiger charge is 2.26. The number of urea groups is 1. The Morgan fingerprint density at radius 3 is 2.25 bits per heavy atom. The molecule has 0 spiro atoms.